The summed E-state index contributed by atoms with van der Waals surface area (Å²) in [5.74, 6) is 0. The lowest BCUT2D eigenvalue weighted by atomic mass is 10.3. The van der Waals surface area contributed by atoms with Gasteiger partial charge in [0.1, 0.15) is 0 Å². The highest BCUT2D eigenvalue weighted by Crippen LogP contribution is 2.25. The Balaban J connectivity index is 0.000000169. The maximum Gasteiger partial charge on any atom is 0.0923 e. The zero-order chi connectivity index (χ0) is 19.8. The highest BCUT2D eigenvalue weighted by molar-refractivity contribution is 7.15. The number of pyridine rings is 1. The van der Waals surface area contributed by atoms with Crippen LogP contribution in [-0.2, 0) is 0 Å². The van der Waals surface area contributed by atoms with E-state index >= 15 is 0 Å². The standard InChI is InChI=1S/C10H26N2Si4.C6H16N2Si4/c1-2-6-9(5-1)11-13-15-12(16-14-11)10-7-3-4-8-10;1-5-2-3-7-4-6(5)8(11-9)12-10/h9-10H,1-8,13-16H2;2-4H,11-12H2,1,9-10H3. The van der Waals surface area contributed by atoms with E-state index in [9.17, 15) is 0 Å². The van der Waals surface area contributed by atoms with Gasteiger partial charge in [0.2, 0.25) is 0 Å². The summed E-state index contributed by atoms with van der Waals surface area (Å²) in [6.07, 6.45) is 16.5. The summed E-state index contributed by atoms with van der Waals surface area (Å²) in [7, 11) is 4.32. The molecule has 1 aliphatic heterocycles. The molecule has 0 N–H and O–H groups in total. The molecule has 2 heterocycles. The van der Waals surface area contributed by atoms with Gasteiger partial charge in [0.15, 0.2) is 0 Å². The minimum atomic E-state index is 0.137. The molecule has 0 amide bonds. The van der Waals surface area contributed by atoms with Crippen LogP contribution in [0.5, 0.6) is 0 Å². The maximum atomic E-state index is 4.20. The smallest absolute Gasteiger partial charge is 0.0923 e. The van der Waals surface area contributed by atoms with Crippen LogP contribution < -0.4 is 4.23 Å². The molecule has 0 spiro atoms. The molecule has 2 saturated carbocycles. The summed E-state index contributed by atoms with van der Waals surface area (Å²) >= 11 is 0. The fraction of sp³-hybridized carbons (Fsp3) is 0.688. The lowest BCUT2D eigenvalue weighted by Gasteiger charge is -2.40. The van der Waals surface area contributed by atoms with Gasteiger partial charge in [0, 0.05) is 37.6 Å². The van der Waals surface area contributed by atoms with Crippen molar-refractivity contribution in [2.24, 2.45) is 0 Å². The molecule has 4 rings (SSSR count). The van der Waals surface area contributed by atoms with Gasteiger partial charge in [0.05, 0.1) is 55.2 Å². The average Bonchev–Trinajstić information content (AvgIpc) is 3.45. The molecule has 158 valence electrons. The summed E-state index contributed by atoms with van der Waals surface area (Å²) in [6, 6.07) is 4.41. The molecule has 12 heteroatoms. The summed E-state index contributed by atoms with van der Waals surface area (Å²) in [5, 5.41) is 0. The van der Waals surface area contributed by atoms with Gasteiger partial charge in [-0.1, -0.05) is 25.7 Å². The van der Waals surface area contributed by atoms with E-state index in [4.69, 9.17) is 0 Å². The zero-order valence-corrected chi connectivity index (χ0v) is 31.1. The summed E-state index contributed by atoms with van der Waals surface area (Å²) in [4.78, 5) is 4.20. The number of nitrogens with zero attached hydrogens (tertiary/aromatic N) is 4. The van der Waals surface area contributed by atoms with E-state index in [-0.39, 0.29) is 18.4 Å². The molecule has 28 heavy (non-hydrogen) atoms. The SMILES string of the molecule is C1CCC(N2[SiH2][SiH2]N(C3CCCC3)[SiH2][SiH2]2)C1.Cc1ccncc1N([SiH2][SiH3])[SiH2][SiH3]. The minimum Gasteiger partial charge on any atom is -0.438 e. The molecule has 0 atom stereocenters. The molecule has 1 aromatic heterocycles. The Hall–Kier alpha value is 0.605. The Kier molecular flexibility index (Phi) is 10.4. The van der Waals surface area contributed by atoms with Crippen molar-refractivity contribution in [3.63, 3.8) is 0 Å². The Bertz CT molecular complexity index is 550. The fourth-order valence-electron chi connectivity index (χ4n) is 5.36. The van der Waals surface area contributed by atoms with Gasteiger partial charge in [0.25, 0.3) is 0 Å². The maximum absolute atomic E-state index is 4.20. The van der Waals surface area contributed by atoms with Crippen molar-refractivity contribution >= 4 is 80.4 Å². The largest absolute Gasteiger partial charge is 0.438 e. The number of anilines is 1. The molecule has 0 radical (unpaired) electrons. The highest BCUT2D eigenvalue weighted by Gasteiger charge is 2.30. The third-order valence-corrected chi connectivity index (χ3v) is 46.2. The first-order valence-electron chi connectivity index (χ1n) is 11.9. The van der Waals surface area contributed by atoms with Gasteiger partial charge in [-0.15, -0.1) is 0 Å². The van der Waals surface area contributed by atoms with Gasteiger partial charge in [-0.05, 0) is 56.3 Å². The molecule has 0 unspecified atom stereocenters. The normalized spacial score (nSPS) is 26.8. The van der Waals surface area contributed by atoms with Crippen molar-refractivity contribution in [1.82, 2.24) is 13.4 Å². The van der Waals surface area contributed by atoms with Gasteiger partial charge in [-0.25, -0.2) is 0 Å². The average molecular weight is 515 g/mol. The molecule has 1 aromatic rings. The van der Waals surface area contributed by atoms with E-state index in [2.05, 4.69) is 30.7 Å². The predicted molar refractivity (Wildman–Crippen MR) is 151 cm³/mol. The Morgan fingerprint density at radius 1 is 0.929 bits per heavy atom. The van der Waals surface area contributed by atoms with E-state index in [1.165, 1.54) is 30.8 Å². The summed E-state index contributed by atoms with van der Waals surface area (Å²) < 4.78 is 9.06. The van der Waals surface area contributed by atoms with Crippen LogP contribution in [0.25, 0.3) is 0 Å². The van der Waals surface area contributed by atoms with Crippen LogP contribution in [0.2, 0.25) is 0 Å². The molecule has 3 aliphatic rings. The second-order valence-electron chi connectivity index (χ2n) is 8.78. The first-order valence-corrected chi connectivity index (χ1v) is 35.0. The first-order chi connectivity index (χ1) is 13.7. The second-order valence-corrected chi connectivity index (χ2v) is 28.5. The topological polar surface area (TPSA) is 22.6 Å². The van der Waals surface area contributed by atoms with Crippen LogP contribution in [-0.4, -0.2) is 100 Å². The van der Waals surface area contributed by atoms with Crippen molar-refractivity contribution in [3.8, 4) is 0 Å². The molecule has 0 bridgehead atoms. The number of rotatable bonds is 5. The molecular formula is C16H42N4Si8. The van der Waals surface area contributed by atoms with Gasteiger partial charge >= 0.3 is 0 Å². The number of hydrogen-bond acceptors (Lipinski definition) is 4. The Labute approximate surface area is 191 Å². The van der Waals surface area contributed by atoms with Crippen molar-refractivity contribution in [1.29, 1.82) is 0 Å². The predicted octanol–water partition coefficient (Wildman–Crippen LogP) is -4.42. The number of aryl methyl sites for hydroxylation is 1. The molecule has 1 saturated heterocycles. The van der Waals surface area contributed by atoms with Crippen LogP contribution >= 0.6 is 0 Å². The third-order valence-electron chi connectivity index (χ3n) is 7.15. The van der Waals surface area contributed by atoms with Crippen LogP contribution in [0.3, 0.4) is 0 Å². The summed E-state index contributed by atoms with van der Waals surface area (Å²) in [5.41, 5.74) is 2.86. The number of hydrogen-bond donors (Lipinski definition) is 0. The molecule has 2 aliphatic carbocycles. The van der Waals surface area contributed by atoms with Crippen molar-refractivity contribution in [3.05, 3.63) is 24.0 Å². The van der Waals surface area contributed by atoms with Crippen LogP contribution in [0.1, 0.15) is 56.9 Å². The Morgan fingerprint density at radius 3 is 1.79 bits per heavy atom. The van der Waals surface area contributed by atoms with E-state index < -0.39 is 0 Å². The van der Waals surface area contributed by atoms with E-state index in [0.29, 0.717) is 36.8 Å². The highest BCUT2D eigenvalue weighted by atomic mass is 29.2. The first kappa shape index (κ1) is 23.3. The lowest BCUT2D eigenvalue weighted by Crippen LogP contribution is -2.59. The quantitative estimate of drug-likeness (QED) is 0.370. The van der Waals surface area contributed by atoms with Crippen molar-refractivity contribution in [2.75, 3.05) is 4.23 Å². The Morgan fingerprint density at radius 2 is 1.39 bits per heavy atom. The zero-order valence-electron chi connectivity index (χ0n) is 18.6. The lowest BCUT2D eigenvalue weighted by molar-refractivity contribution is 0.464. The third kappa shape index (κ3) is 6.55. The number of aromatic nitrogens is 1. The van der Waals surface area contributed by atoms with Gasteiger partial charge in [-0.2, -0.15) is 0 Å². The second kappa shape index (κ2) is 12.5. The van der Waals surface area contributed by atoms with Gasteiger partial charge in [-0.3, -0.25) is 4.98 Å². The van der Waals surface area contributed by atoms with Crippen LogP contribution in [0, 0.1) is 6.92 Å². The van der Waals surface area contributed by atoms with E-state index in [0.717, 1.165) is 12.1 Å². The van der Waals surface area contributed by atoms with Crippen molar-refractivity contribution in [2.45, 2.75) is 70.4 Å². The van der Waals surface area contributed by atoms with Crippen molar-refractivity contribution < 1.29 is 0 Å². The molecule has 4 nitrogen and oxygen atoms in total. The van der Waals surface area contributed by atoms with E-state index in [1.54, 1.807) is 51.4 Å². The van der Waals surface area contributed by atoms with Gasteiger partial charge < -0.3 is 12.7 Å². The fourth-order valence-corrected chi connectivity index (χ4v) is 61.0. The minimum absolute atomic E-state index is 0.137. The monoisotopic (exact) mass is 514 g/mol. The van der Waals surface area contributed by atoms with Crippen LogP contribution in [0.4, 0.5) is 5.69 Å². The van der Waals surface area contributed by atoms with E-state index in [1.807, 2.05) is 12.4 Å². The molecule has 0 aromatic carbocycles. The molecule has 3 fully saturated rings. The summed E-state index contributed by atoms with van der Waals surface area (Å²) in [6.45, 7) is 2.20. The molecular weight excluding hydrogens is 473 g/mol. The van der Waals surface area contributed by atoms with Crippen LogP contribution in [0.15, 0.2) is 18.5 Å².